The fraction of sp³-hybridized carbons (Fsp3) is 0.273. The molecule has 1 N–H and O–H groups in total. The number of imidazole rings is 1. The third-order valence-corrected chi connectivity index (χ3v) is 4.60. The molecule has 1 aromatic heterocycles. The number of carbonyl (C=O) groups excluding carboxylic acids is 1. The number of methoxy groups -OCH3 is 1. The molecule has 27 heavy (non-hydrogen) atoms. The van der Waals surface area contributed by atoms with Gasteiger partial charge in [-0.1, -0.05) is 31.9 Å². The number of nitrogens with one attached hydrogen (secondary N) is 1. The van der Waals surface area contributed by atoms with Gasteiger partial charge in [-0.3, -0.25) is 4.79 Å². The highest BCUT2D eigenvalue weighted by atomic mass is 16.5. The Bertz CT molecular complexity index is 840. The minimum Gasteiger partial charge on any atom is -0.497 e. The summed E-state index contributed by atoms with van der Waals surface area (Å²) in [6.45, 7) is 2.15. The van der Waals surface area contributed by atoms with Gasteiger partial charge in [-0.25, -0.2) is 4.98 Å². The Morgan fingerprint density at radius 2 is 1.89 bits per heavy atom. The highest BCUT2D eigenvalue weighted by Crippen LogP contribution is 2.23. The van der Waals surface area contributed by atoms with Crippen LogP contribution in [0.15, 0.2) is 67.3 Å². The second-order valence-electron chi connectivity index (χ2n) is 6.46. The second kappa shape index (κ2) is 9.03. The molecule has 1 amide bonds. The van der Waals surface area contributed by atoms with E-state index in [1.807, 2.05) is 59.3 Å². The topological polar surface area (TPSA) is 56.2 Å². The molecular weight excluding hydrogens is 338 g/mol. The summed E-state index contributed by atoms with van der Waals surface area (Å²) in [7, 11) is 1.65. The number of ether oxygens (including phenoxy) is 1. The van der Waals surface area contributed by atoms with Crippen molar-refractivity contribution in [2.24, 2.45) is 0 Å². The summed E-state index contributed by atoms with van der Waals surface area (Å²) in [6.07, 6.45) is 8.38. The molecule has 0 fully saturated rings. The van der Waals surface area contributed by atoms with Crippen molar-refractivity contribution >= 4 is 5.91 Å². The van der Waals surface area contributed by atoms with Gasteiger partial charge in [-0.15, -0.1) is 0 Å². The molecule has 0 saturated heterocycles. The Balaban J connectivity index is 1.73. The van der Waals surface area contributed by atoms with Crippen LogP contribution in [0.1, 0.15) is 48.1 Å². The monoisotopic (exact) mass is 363 g/mol. The number of aromatic nitrogens is 2. The van der Waals surface area contributed by atoms with Crippen molar-refractivity contribution in [3.05, 3.63) is 78.4 Å². The van der Waals surface area contributed by atoms with Crippen LogP contribution in [0.2, 0.25) is 0 Å². The first-order valence-corrected chi connectivity index (χ1v) is 9.24. The molecule has 0 aliphatic heterocycles. The van der Waals surface area contributed by atoms with Gasteiger partial charge < -0.3 is 14.6 Å². The number of hydrogen-bond donors (Lipinski definition) is 1. The standard InChI is InChI=1S/C22H25N3O2/c1-3-4-5-21(17-8-12-20(27-2)13-9-17)24-22(26)18-6-10-19(11-7-18)25-15-14-23-16-25/h6-16,21H,3-5H2,1-2H3,(H,24,26). The summed E-state index contributed by atoms with van der Waals surface area (Å²) in [5, 5.41) is 3.18. The van der Waals surface area contributed by atoms with Crippen molar-refractivity contribution in [3.63, 3.8) is 0 Å². The third-order valence-electron chi connectivity index (χ3n) is 4.60. The minimum absolute atomic E-state index is 0.0170. The summed E-state index contributed by atoms with van der Waals surface area (Å²) in [4.78, 5) is 16.8. The Kier molecular flexibility index (Phi) is 6.26. The van der Waals surface area contributed by atoms with E-state index in [0.29, 0.717) is 5.56 Å². The van der Waals surface area contributed by atoms with Crippen LogP contribution >= 0.6 is 0 Å². The number of amides is 1. The van der Waals surface area contributed by atoms with E-state index in [-0.39, 0.29) is 11.9 Å². The largest absolute Gasteiger partial charge is 0.497 e. The van der Waals surface area contributed by atoms with Crippen LogP contribution in [0, 0.1) is 0 Å². The van der Waals surface area contributed by atoms with Gasteiger partial charge in [0.05, 0.1) is 19.5 Å². The molecule has 1 atom stereocenters. The van der Waals surface area contributed by atoms with Crippen molar-refractivity contribution < 1.29 is 9.53 Å². The van der Waals surface area contributed by atoms with E-state index >= 15 is 0 Å². The minimum atomic E-state index is -0.0656. The van der Waals surface area contributed by atoms with Gasteiger partial charge in [0.15, 0.2) is 0 Å². The molecule has 0 aliphatic carbocycles. The Morgan fingerprint density at radius 1 is 1.15 bits per heavy atom. The van der Waals surface area contributed by atoms with Crippen LogP contribution in [0.5, 0.6) is 5.75 Å². The molecule has 0 radical (unpaired) electrons. The van der Waals surface area contributed by atoms with Crippen molar-refractivity contribution in [2.75, 3.05) is 7.11 Å². The van der Waals surface area contributed by atoms with E-state index in [0.717, 1.165) is 36.3 Å². The molecule has 1 heterocycles. The maximum atomic E-state index is 12.8. The molecular formula is C22H25N3O2. The van der Waals surface area contributed by atoms with Gasteiger partial charge in [-0.05, 0) is 48.4 Å². The molecule has 0 bridgehead atoms. The average Bonchev–Trinajstić information content (AvgIpc) is 3.26. The normalized spacial score (nSPS) is 11.8. The molecule has 0 aliphatic rings. The maximum absolute atomic E-state index is 12.8. The number of benzene rings is 2. The van der Waals surface area contributed by atoms with E-state index in [1.165, 1.54) is 0 Å². The smallest absolute Gasteiger partial charge is 0.251 e. The Morgan fingerprint density at radius 3 is 2.48 bits per heavy atom. The molecule has 3 rings (SSSR count). The van der Waals surface area contributed by atoms with Crippen LogP contribution in [0.3, 0.4) is 0 Å². The first kappa shape index (κ1) is 18.7. The van der Waals surface area contributed by atoms with E-state index in [2.05, 4.69) is 17.2 Å². The molecule has 5 nitrogen and oxygen atoms in total. The number of rotatable bonds is 8. The van der Waals surface area contributed by atoms with Gasteiger partial charge in [0.2, 0.25) is 0 Å². The number of hydrogen-bond acceptors (Lipinski definition) is 3. The van der Waals surface area contributed by atoms with E-state index in [1.54, 1.807) is 19.6 Å². The fourth-order valence-corrected chi connectivity index (χ4v) is 3.01. The van der Waals surface area contributed by atoms with Gasteiger partial charge in [-0.2, -0.15) is 0 Å². The third kappa shape index (κ3) is 4.76. The van der Waals surface area contributed by atoms with E-state index < -0.39 is 0 Å². The van der Waals surface area contributed by atoms with Gasteiger partial charge in [0, 0.05) is 23.6 Å². The summed E-state index contributed by atoms with van der Waals surface area (Å²) in [5.74, 6) is 0.749. The van der Waals surface area contributed by atoms with E-state index in [9.17, 15) is 4.79 Å². The number of unbranched alkanes of at least 4 members (excludes halogenated alkanes) is 1. The Hall–Kier alpha value is -3.08. The van der Waals surface area contributed by atoms with Crippen LogP contribution in [0.25, 0.3) is 5.69 Å². The SMILES string of the molecule is CCCCC(NC(=O)c1ccc(-n2ccnc2)cc1)c1ccc(OC)cc1. The fourth-order valence-electron chi connectivity index (χ4n) is 3.01. The summed E-state index contributed by atoms with van der Waals surface area (Å²) in [5.41, 5.74) is 2.71. The molecule has 140 valence electrons. The van der Waals surface area contributed by atoms with E-state index in [4.69, 9.17) is 4.74 Å². The van der Waals surface area contributed by atoms with Crippen molar-refractivity contribution in [1.29, 1.82) is 0 Å². The maximum Gasteiger partial charge on any atom is 0.251 e. The predicted octanol–water partition coefficient (Wildman–Crippen LogP) is 4.54. The summed E-state index contributed by atoms with van der Waals surface area (Å²) < 4.78 is 7.13. The first-order valence-electron chi connectivity index (χ1n) is 9.24. The lowest BCUT2D eigenvalue weighted by Crippen LogP contribution is -2.28. The molecule has 1 unspecified atom stereocenters. The van der Waals surface area contributed by atoms with Gasteiger partial charge in [0.25, 0.3) is 5.91 Å². The highest BCUT2D eigenvalue weighted by Gasteiger charge is 2.16. The number of nitrogens with zero attached hydrogens (tertiary/aromatic N) is 2. The molecule has 5 heteroatoms. The zero-order valence-corrected chi connectivity index (χ0v) is 15.8. The summed E-state index contributed by atoms with van der Waals surface area (Å²) >= 11 is 0. The van der Waals surface area contributed by atoms with Crippen LogP contribution in [0.4, 0.5) is 0 Å². The average molecular weight is 363 g/mol. The summed E-state index contributed by atoms with van der Waals surface area (Å²) in [6, 6.07) is 15.4. The van der Waals surface area contributed by atoms with Gasteiger partial charge >= 0.3 is 0 Å². The van der Waals surface area contributed by atoms with Crippen molar-refractivity contribution in [1.82, 2.24) is 14.9 Å². The van der Waals surface area contributed by atoms with Crippen LogP contribution in [-0.4, -0.2) is 22.6 Å². The van der Waals surface area contributed by atoms with Gasteiger partial charge in [0.1, 0.15) is 5.75 Å². The lowest BCUT2D eigenvalue weighted by Gasteiger charge is -2.19. The molecule has 3 aromatic rings. The predicted molar refractivity (Wildman–Crippen MR) is 106 cm³/mol. The lowest BCUT2D eigenvalue weighted by atomic mass is 10.0. The first-order chi connectivity index (χ1) is 13.2. The second-order valence-corrected chi connectivity index (χ2v) is 6.46. The quantitative estimate of drug-likeness (QED) is 0.639. The zero-order valence-electron chi connectivity index (χ0n) is 15.8. The van der Waals surface area contributed by atoms with Crippen LogP contribution in [-0.2, 0) is 0 Å². The highest BCUT2D eigenvalue weighted by molar-refractivity contribution is 5.94. The zero-order chi connectivity index (χ0) is 19.1. The van der Waals surface area contributed by atoms with Crippen molar-refractivity contribution in [2.45, 2.75) is 32.2 Å². The molecule has 0 saturated carbocycles. The number of carbonyl (C=O) groups is 1. The van der Waals surface area contributed by atoms with Crippen LogP contribution < -0.4 is 10.1 Å². The molecule has 0 spiro atoms. The molecule has 2 aromatic carbocycles. The lowest BCUT2D eigenvalue weighted by molar-refractivity contribution is 0.0934. The Labute approximate surface area is 160 Å². The van der Waals surface area contributed by atoms with Crippen molar-refractivity contribution in [3.8, 4) is 11.4 Å².